The van der Waals surface area contributed by atoms with E-state index in [1.807, 2.05) is 27.7 Å². The second kappa shape index (κ2) is 4.58. The molecule has 1 aliphatic heterocycles. The normalized spacial score (nSPS) is 22.6. The molecule has 104 valence electrons. The van der Waals surface area contributed by atoms with Crippen molar-refractivity contribution in [3.05, 3.63) is 29.6 Å². The minimum absolute atomic E-state index is 0.379. The Balaban J connectivity index is 2.39. The maximum atomic E-state index is 13.3. The molecule has 0 aliphatic carbocycles. The predicted molar refractivity (Wildman–Crippen MR) is 72.7 cm³/mol. The first-order valence-electron chi connectivity index (χ1n) is 6.47. The molecular formula is C14H20BFO3. The van der Waals surface area contributed by atoms with E-state index in [1.165, 1.54) is 12.1 Å². The molecule has 1 atom stereocenters. The van der Waals surface area contributed by atoms with Gasteiger partial charge in [-0.15, -0.1) is 0 Å². The predicted octanol–water partition coefficient (Wildman–Crippen LogP) is 2.18. The van der Waals surface area contributed by atoms with Crippen LogP contribution in [0.15, 0.2) is 18.2 Å². The largest absolute Gasteiger partial charge is 0.495 e. The maximum absolute atomic E-state index is 13.3. The summed E-state index contributed by atoms with van der Waals surface area (Å²) in [4.78, 5) is 0. The van der Waals surface area contributed by atoms with Crippen LogP contribution < -0.4 is 5.46 Å². The monoisotopic (exact) mass is 266 g/mol. The molecule has 1 aliphatic rings. The highest BCUT2D eigenvalue weighted by Crippen LogP contribution is 2.37. The Hall–Kier alpha value is -0.905. The van der Waals surface area contributed by atoms with Crippen molar-refractivity contribution in [1.82, 2.24) is 0 Å². The fraction of sp³-hybridized carbons (Fsp3) is 0.571. The van der Waals surface area contributed by atoms with Gasteiger partial charge in [-0.2, -0.15) is 0 Å². The summed E-state index contributed by atoms with van der Waals surface area (Å²) in [5.74, 6) is -0.379. The van der Waals surface area contributed by atoms with Gasteiger partial charge in [0.15, 0.2) is 0 Å². The third kappa shape index (κ3) is 2.55. The third-order valence-electron chi connectivity index (χ3n) is 4.01. The minimum Gasteiger partial charge on any atom is -0.399 e. The van der Waals surface area contributed by atoms with E-state index < -0.39 is 24.4 Å². The average Bonchev–Trinajstić information content (AvgIpc) is 2.47. The van der Waals surface area contributed by atoms with Gasteiger partial charge in [-0.1, -0.05) is 6.07 Å². The molecule has 5 heteroatoms. The second-order valence-electron chi connectivity index (χ2n) is 6.04. The molecule has 0 radical (unpaired) electrons. The van der Waals surface area contributed by atoms with Gasteiger partial charge in [0.2, 0.25) is 0 Å². The van der Waals surface area contributed by atoms with Gasteiger partial charge < -0.3 is 14.4 Å². The van der Waals surface area contributed by atoms with E-state index in [2.05, 4.69) is 0 Å². The molecule has 1 heterocycles. The molecule has 0 saturated carbocycles. The van der Waals surface area contributed by atoms with Crippen LogP contribution in [0.3, 0.4) is 0 Å². The van der Waals surface area contributed by atoms with Crippen LogP contribution in [0.2, 0.25) is 0 Å². The maximum Gasteiger partial charge on any atom is 0.495 e. The first kappa shape index (κ1) is 14.5. The van der Waals surface area contributed by atoms with Gasteiger partial charge in [0, 0.05) is 0 Å². The van der Waals surface area contributed by atoms with Crippen LogP contribution in [0.5, 0.6) is 0 Å². The van der Waals surface area contributed by atoms with Crippen molar-refractivity contribution in [1.29, 1.82) is 0 Å². The van der Waals surface area contributed by atoms with E-state index in [0.29, 0.717) is 11.0 Å². The zero-order valence-corrected chi connectivity index (χ0v) is 12.0. The lowest BCUT2D eigenvalue weighted by atomic mass is 9.75. The Morgan fingerprint density at radius 1 is 1.16 bits per heavy atom. The van der Waals surface area contributed by atoms with Crippen molar-refractivity contribution in [2.75, 3.05) is 0 Å². The van der Waals surface area contributed by atoms with Gasteiger partial charge in [-0.3, -0.25) is 0 Å². The van der Waals surface area contributed by atoms with E-state index in [4.69, 9.17) is 9.31 Å². The number of rotatable bonds is 2. The van der Waals surface area contributed by atoms with E-state index in [0.717, 1.165) is 0 Å². The second-order valence-corrected chi connectivity index (χ2v) is 6.04. The summed E-state index contributed by atoms with van der Waals surface area (Å²) in [7, 11) is -0.588. The van der Waals surface area contributed by atoms with Gasteiger partial charge >= 0.3 is 7.12 Å². The zero-order chi connectivity index (χ0) is 14.4. The third-order valence-corrected chi connectivity index (χ3v) is 4.01. The van der Waals surface area contributed by atoms with Crippen molar-refractivity contribution in [3.8, 4) is 0 Å². The van der Waals surface area contributed by atoms with E-state index in [9.17, 15) is 9.50 Å². The first-order valence-corrected chi connectivity index (χ1v) is 6.47. The topological polar surface area (TPSA) is 38.7 Å². The SMILES string of the molecule is CC(O)c1cc(F)ccc1B1OC(C)(C)C(C)(C)O1. The van der Waals surface area contributed by atoms with Gasteiger partial charge in [0.1, 0.15) is 5.82 Å². The molecule has 19 heavy (non-hydrogen) atoms. The van der Waals surface area contributed by atoms with Crippen LogP contribution in [0.1, 0.15) is 46.3 Å². The van der Waals surface area contributed by atoms with E-state index in [1.54, 1.807) is 13.0 Å². The van der Waals surface area contributed by atoms with Crippen LogP contribution in [0.25, 0.3) is 0 Å². The molecule has 2 rings (SSSR count). The fourth-order valence-corrected chi connectivity index (χ4v) is 2.09. The van der Waals surface area contributed by atoms with E-state index in [-0.39, 0.29) is 5.82 Å². The number of hydrogen-bond donors (Lipinski definition) is 1. The average molecular weight is 266 g/mol. The van der Waals surface area contributed by atoms with Gasteiger partial charge in [0.05, 0.1) is 17.3 Å². The van der Waals surface area contributed by atoms with Gasteiger partial charge in [0.25, 0.3) is 0 Å². The lowest BCUT2D eigenvalue weighted by Gasteiger charge is -2.32. The number of halogens is 1. The Morgan fingerprint density at radius 3 is 2.16 bits per heavy atom. The molecule has 1 N–H and O–H groups in total. The van der Waals surface area contributed by atoms with Crippen LogP contribution in [0, 0.1) is 5.82 Å². The smallest absolute Gasteiger partial charge is 0.399 e. The van der Waals surface area contributed by atoms with Gasteiger partial charge in [-0.25, -0.2) is 4.39 Å². The van der Waals surface area contributed by atoms with Crippen LogP contribution in [0.4, 0.5) is 4.39 Å². The van der Waals surface area contributed by atoms with Crippen LogP contribution in [-0.4, -0.2) is 23.4 Å². The summed E-state index contributed by atoms with van der Waals surface area (Å²) in [6.45, 7) is 9.43. The molecular weight excluding hydrogens is 246 g/mol. The van der Waals surface area contributed by atoms with Crippen molar-refractivity contribution in [2.24, 2.45) is 0 Å². The summed E-state index contributed by atoms with van der Waals surface area (Å²) in [6.07, 6.45) is -0.773. The molecule has 1 aromatic rings. The van der Waals surface area contributed by atoms with Crippen molar-refractivity contribution >= 4 is 12.6 Å². The van der Waals surface area contributed by atoms with Gasteiger partial charge in [-0.05, 0) is 57.8 Å². The molecule has 1 fully saturated rings. The Bertz CT molecular complexity index is 470. The summed E-state index contributed by atoms with van der Waals surface area (Å²) in [6, 6.07) is 4.29. The van der Waals surface area contributed by atoms with Crippen molar-refractivity contribution in [2.45, 2.75) is 51.9 Å². The Labute approximate surface area is 113 Å². The molecule has 0 amide bonds. The molecule has 1 unspecified atom stereocenters. The molecule has 1 aromatic carbocycles. The molecule has 3 nitrogen and oxygen atoms in total. The summed E-state index contributed by atoms with van der Waals surface area (Å²) in [5.41, 5.74) is 0.262. The minimum atomic E-state index is -0.773. The summed E-state index contributed by atoms with van der Waals surface area (Å²) < 4.78 is 25.2. The lowest BCUT2D eigenvalue weighted by molar-refractivity contribution is 0.00578. The van der Waals surface area contributed by atoms with E-state index >= 15 is 0 Å². The highest BCUT2D eigenvalue weighted by atomic mass is 19.1. The first-order chi connectivity index (χ1) is 8.64. The summed E-state index contributed by atoms with van der Waals surface area (Å²) >= 11 is 0. The molecule has 0 spiro atoms. The number of aliphatic hydroxyl groups is 1. The standard InChI is InChI=1S/C14H20BFO3/c1-9(17)11-8-10(16)6-7-12(11)15-18-13(2,3)14(4,5)19-15/h6-9,17H,1-5H3. The van der Waals surface area contributed by atoms with Crippen LogP contribution >= 0.6 is 0 Å². The number of benzene rings is 1. The number of aliphatic hydroxyl groups excluding tert-OH is 1. The number of hydrogen-bond acceptors (Lipinski definition) is 3. The zero-order valence-electron chi connectivity index (χ0n) is 12.0. The van der Waals surface area contributed by atoms with Crippen molar-refractivity contribution < 1.29 is 18.8 Å². The summed E-state index contributed by atoms with van der Waals surface area (Å²) in [5, 5.41) is 9.77. The highest BCUT2D eigenvalue weighted by molar-refractivity contribution is 6.62. The highest BCUT2D eigenvalue weighted by Gasteiger charge is 2.52. The molecule has 0 aromatic heterocycles. The molecule has 1 saturated heterocycles. The molecule has 0 bridgehead atoms. The Morgan fingerprint density at radius 2 is 1.68 bits per heavy atom. The van der Waals surface area contributed by atoms with Crippen molar-refractivity contribution in [3.63, 3.8) is 0 Å². The Kier molecular flexibility index (Phi) is 3.50. The fourth-order valence-electron chi connectivity index (χ4n) is 2.09. The quantitative estimate of drug-likeness (QED) is 0.834. The lowest BCUT2D eigenvalue weighted by Crippen LogP contribution is -2.41. The van der Waals surface area contributed by atoms with Crippen LogP contribution in [-0.2, 0) is 9.31 Å².